The highest BCUT2D eigenvalue weighted by molar-refractivity contribution is 14.1. The molecule has 0 fully saturated rings. The van der Waals surface area contributed by atoms with Gasteiger partial charge in [-0.3, -0.25) is 0 Å². The fraction of sp³-hybridized carbons (Fsp3) is 0.200. The fourth-order valence-corrected chi connectivity index (χ4v) is 4.08. The zero-order valence-electron chi connectivity index (χ0n) is 7.10. The normalized spacial score (nSPS) is 11.0. The number of halogens is 2. The Balaban J connectivity index is 2.84. The van der Waals surface area contributed by atoms with Crippen molar-refractivity contribution in [3.8, 4) is 0 Å². The number of rotatable bonds is 1. The van der Waals surface area contributed by atoms with Gasteiger partial charge in [0, 0.05) is 22.6 Å². The second-order valence-corrected chi connectivity index (χ2v) is 6.17. The monoisotopic (exact) mass is 414 g/mol. The molecule has 0 unspecified atom stereocenters. The molecule has 13 heavy (non-hydrogen) atoms. The first-order valence-corrected chi connectivity index (χ1v) is 7.11. The Morgan fingerprint density at radius 3 is 2.77 bits per heavy atom. The molecular weight excluding hydrogens is 406 g/mol. The van der Waals surface area contributed by atoms with Crippen molar-refractivity contribution >= 4 is 66.6 Å². The highest BCUT2D eigenvalue weighted by Crippen LogP contribution is 2.32. The van der Waals surface area contributed by atoms with E-state index in [1.807, 2.05) is 11.3 Å². The molecule has 1 aromatic carbocycles. The summed E-state index contributed by atoms with van der Waals surface area (Å²) in [5.74, 6) is 0. The average Bonchev–Trinajstić information content (AvgIpc) is 2.47. The van der Waals surface area contributed by atoms with Gasteiger partial charge in [-0.25, -0.2) is 0 Å². The average molecular weight is 414 g/mol. The minimum Gasteiger partial charge on any atom is -0.142 e. The van der Waals surface area contributed by atoms with E-state index in [4.69, 9.17) is 0 Å². The predicted molar refractivity (Wildman–Crippen MR) is 76.6 cm³/mol. The maximum absolute atomic E-state index is 2.41. The minimum absolute atomic E-state index is 1.13. The second-order valence-electron chi connectivity index (χ2n) is 2.88. The Hall–Kier alpha value is 0.640. The molecule has 0 saturated heterocycles. The van der Waals surface area contributed by atoms with Crippen molar-refractivity contribution < 1.29 is 0 Å². The number of hydrogen-bond donors (Lipinski definition) is 0. The van der Waals surface area contributed by atoms with E-state index < -0.39 is 0 Å². The van der Waals surface area contributed by atoms with Crippen LogP contribution in [0, 0.1) is 7.14 Å². The Morgan fingerprint density at radius 1 is 1.31 bits per heavy atom. The molecule has 0 saturated carbocycles. The summed E-state index contributed by atoms with van der Waals surface area (Å²) in [5, 5.41) is 3.66. The lowest BCUT2D eigenvalue weighted by Gasteiger charge is -2.00. The van der Waals surface area contributed by atoms with Gasteiger partial charge in [-0.2, -0.15) is 0 Å². The summed E-state index contributed by atoms with van der Waals surface area (Å²) >= 11 is 6.67. The van der Waals surface area contributed by atoms with Crippen LogP contribution in [0.4, 0.5) is 0 Å². The second kappa shape index (κ2) is 4.02. The number of thiophene rings is 1. The standard InChI is InChI=1S/C10H8I2S/c1-2-6-3-7(11)4-8-9(12)5-13-10(6)8/h3-5H,2H2,1H3. The van der Waals surface area contributed by atoms with Crippen molar-refractivity contribution in [2.45, 2.75) is 13.3 Å². The lowest BCUT2D eigenvalue weighted by molar-refractivity contribution is 1.16. The van der Waals surface area contributed by atoms with Gasteiger partial charge in [0.25, 0.3) is 0 Å². The summed E-state index contributed by atoms with van der Waals surface area (Å²) in [6.07, 6.45) is 1.13. The van der Waals surface area contributed by atoms with E-state index in [1.165, 1.54) is 22.8 Å². The molecule has 0 aliphatic carbocycles. The fourth-order valence-electron chi connectivity index (χ4n) is 1.40. The van der Waals surface area contributed by atoms with Crippen molar-refractivity contribution in [3.63, 3.8) is 0 Å². The molecule has 1 heterocycles. The van der Waals surface area contributed by atoms with E-state index in [1.54, 1.807) is 0 Å². The Labute approximate surface area is 109 Å². The maximum Gasteiger partial charge on any atom is 0.0386 e. The van der Waals surface area contributed by atoms with E-state index in [0.29, 0.717) is 0 Å². The van der Waals surface area contributed by atoms with E-state index in [2.05, 4.69) is 69.6 Å². The van der Waals surface area contributed by atoms with Gasteiger partial charge >= 0.3 is 0 Å². The minimum atomic E-state index is 1.13. The van der Waals surface area contributed by atoms with Crippen LogP contribution in [0.3, 0.4) is 0 Å². The molecule has 0 N–H and O–H groups in total. The predicted octanol–water partition coefficient (Wildman–Crippen LogP) is 4.67. The van der Waals surface area contributed by atoms with Gasteiger partial charge in [-0.05, 0) is 69.3 Å². The molecule has 68 valence electrons. The zero-order chi connectivity index (χ0) is 9.42. The molecule has 0 aliphatic heterocycles. The zero-order valence-corrected chi connectivity index (χ0v) is 12.2. The van der Waals surface area contributed by atoms with Gasteiger partial charge in [0.2, 0.25) is 0 Å². The van der Waals surface area contributed by atoms with Crippen LogP contribution in [0.2, 0.25) is 0 Å². The number of hydrogen-bond acceptors (Lipinski definition) is 1. The third-order valence-electron chi connectivity index (χ3n) is 2.05. The molecule has 0 aliphatic rings. The van der Waals surface area contributed by atoms with Crippen LogP contribution in [-0.4, -0.2) is 0 Å². The summed E-state index contributed by atoms with van der Waals surface area (Å²) in [4.78, 5) is 0. The molecule has 1 aromatic heterocycles. The van der Waals surface area contributed by atoms with Crippen LogP contribution in [-0.2, 0) is 6.42 Å². The van der Waals surface area contributed by atoms with Crippen LogP contribution >= 0.6 is 56.5 Å². The van der Waals surface area contributed by atoms with Gasteiger partial charge in [0.05, 0.1) is 0 Å². The molecule has 0 amide bonds. The first-order valence-electron chi connectivity index (χ1n) is 4.07. The molecule has 2 rings (SSSR count). The molecule has 0 atom stereocenters. The highest BCUT2D eigenvalue weighted by atomic mass is 127. The van der Waals surface area contributed by atoms with Crippen molar-refractivity contribution in [1.82, 2.24) is 0 Å². The van der Waals surface area contributed by atoms with Gasteiger partial charge in [-0.15, -0.1) is 11.3 Å². The number of fused-ring (bicyclic) bond motifs is 1. The van der Waals surface area contributed by atoms with Crippen LogP contribution in [0.1, 0.15) is 12.5 Å². The van der Waals surface area contributed by atoms with Crippen molar-refractivity contribution in [2.24, 2.45) is 0 Å². The Kier molecular flexibility index (Phi) is 3.14. The van der Waals surface area contributed by atoms with Crippen molar-refractivity contribution in [2.75, 3.05) is 0 Å². The third kappa shape index (κ3) is 1.87. The first kappa shape index (κ1) is 10.2. The van der Waals surface area contributed by atoms with E-state index in [9.17, 15) is 0 Å². The van der Waals surface area contributed by atoms with Crippen LogP contribution < -0.4 is 0 Å². The van der Waals surface area contributed by atoms with Crippen LogP contribution in [0.15, 0.2) is 17.5 Å². The molecule has 0 spiro atoms. The summed E-state index contributed by atoms with van der Waals surface area (Å²) in [6, 6.07) is 4.56. The van der Waals surface area contributed by atoms with Crippen molar-refractivity contribution in [3.05, 3.63) is 30.2 Å². The molecule has 0 bridgehead atoms. The lowest BCUT2D eigenvalue weighted by Crippen LogP contribution is -1.82. The van der Waals surface area contributed by atoms with Gasteiger partial charge in [0.15, 0.2) is 0 Å². The van der Waals surface area contributed by atoms with Crippen molar-refractivity contribution in [1.29, 1.82) is 0 Å². The molecule has 2 aromatic rings. The summed E-state index contributed by atoms with van der Waals surface area (Å²) < 4.78 is 4.19. The summed E-state index contributed by atoms with van der Waals surface area (Å²) in [6.45, 7) is 2.22. The van der Waals surface area contributed by atoms with Crippen LogP contribution in [0.5, 0.6) is 0 Å². The van der Waals surface area contributed by atoms with E-state index in [0.717, 1.165) is 6.42 Å². The van der Waals surface area contributed by atoms with E-state index in [-0.39, 0.29) is 0 Å². The molecule has 0 nitrogen and oxygen atoms in total. The third-order valence-corrected chi connectivity index (χ3v) is 5.06. The van der Waals surface area contributed by atoms with Gasteiger partial charge in [0.1, 0.15) is 0 Å². The smallest absolute Gasteiger partial charge is 0.0386 e. The highest BCUT2D eigenvalue weighted by Gasteiger charge is 2.06. The Bertz CT molecular complexity index is 445. The van der Waals surface area contributed by atoms with Gasteiger partial charge in [-0.1, -0.05) is 6.92 Å². The Morgan fingerprint density at radius 2 is 2.08 bits per heavy atom. The number of benzene rings is 1. The van der Waals surface area contributed by atoms with Crippen LogP contribution in [0.25, 0.3) is 10.1 Å². The van der Waals surface area contributed by atoms with Gasteiger partial charge < -0.3 is 0 Å². The maximum atomic E-state index is 2.41. The first-order chi connectivity index (χ1) is 6.22. The number of aryl methyl sites for hydroxylation is 1. The summed E-state index contributed by atoms with van der Waals surface area (Å²) in [7, 11) is 0. The molecular formula is C10H8I2S. The largest absolute Gasteiger partial charge is 0.142 e. The molecule has 3 heteroatoms. The topological polar surface area (TPSA) is 0 Å². The lowest BCUT2D eigenvalue weighted by atomic mass is 10.1. The molecule has 0 radical (unpaired) electrons. The van der Waals surface area contributed by atoms with E-state index >= 15 is 0 Å². The summed E-state index contributed by atoms with van der Waals surface area (Å²) in [5.41, 5.74) is 1.48. The SMILES string of the molecule is CCc1cc(I)cc2c(I)csc12. The quantitative estimate of drug-likeness (QED) is 0.596.